The summed E-state index contributed by atoms with van der Waals surface area (Å²) in [6.45, 7) is 13.3. The molecule has 0 aliphatic carbocycles. The molecule has 1 unspecified atom stereocenters. The van der Waals surface area contributed by atoms with Gasteiger partial charge in [-0.05, 0) is 89.8 Å². The van der Waals surface area contributed by atoms with Crippen LogP contribution in [-0.4, -0.2) is 84.5 Å². The van der Waals surface area contributed by atoms with Crippen LogP contribution in [0.3, 0.4) is 0 Å². The van der Waals surface area contributed by atoms with Crippen LogP contribution in [0.2, 0.25) is 0 Å². The third-order valence-corrected chi connectivity index (χ3v) is 10.4. The summed E-state index contributed by atoms with van der Waals surface area (Å²) in [5, 5.41) is 12.2. The molecular weight excluding hydrogens is 907 g/mol. The Labute approximate surface area is 403 Å². The molecule has 3 aromatic carbocycles. The molecule has 0 saturated carbocycles. The van der Waals surface area contributed by atoms with E-state index in [2.05, 4.69) is 38.1 Å². The first-order chi connectivity index (χ1) is 32.4. The first-order valence-electron chi connectivity index (χ1n) is 22.3. The predicted molar refractivity (Wildman–Crippen MR) is 258 cm³/mol. The van der Waals surface area contributed by atoms with Gasteiger partial charge in [-0.2, -0.15) is 8.42 Å². The number of hydrogen-bond donors (Lipinski definition) is 4. The Kier molecular flexibility index (Phi) is 19.9. The number of carbonyl (C=O) groups is 6. The minimum atomic E-state index is -4.33. The number of alkyl carbamates (subject to hydrolysis) is 1. The summed E-state index contributed by atoms with van der Waals surface area (Å²) in [6, 6.07) is 22.1. The molecule has 0 radical (unpaired) electrons. The maximum atomic E-state index is 14.5. The minimum absolute atomic E-state index is 0.0541. The SMILES string of the molecule is CC(C)C(NC(=O)[C@H](Cc1ccc2ccccc2n1)NC(=O)[C@H](CC#CC(=O)OC(C)(C)C)NC(=O)OCc1ccccc1)C(=O)N[C@H](/C=C/S(=O)(=O)Oc1ccccc1)CCC(=O)OC(C)(C)C. The Morgan fingerprint density at radius 3 is 1.99 bits per heavy atom. The Bertz CT molecular complexity index is 2620. The van der Waals surface area contributed by atoms with Crippen molar-refractivity contribution in [1.82, 2.24) is 26.3 Å². The number of pyridine rings is 1. The van der Waals surface area contributed by atoms with Gasteiger partial charge in [0.05, 0.1) is 10.9 Å². The van der Waals surface area contributed by atoms with E-state index in [4.69, 9.17) is 18.4 Å². The molecule has 1 aromatic heterocycles. The fraction of sp³-hybridized carbons (Fsp3) is 0.392. The first-order valence-corrected chi connectivity index (χ1v) is 23.8. The zero-order valence-corrected chi connectivity index (χ0v) is 40.9. The lowest BCUT2D eigenvalue weighted by atomic mass is 10.0. The topological polar surface area (TPSA) is 234 Å². The number of carbonyl (C=O) groups excluding carboxylic acids is 6. The van der Waals surface area contributed by atoms with Crippen LogP contribution in [0.25, 0.3) is 10.9 Å². The van der Waals surface area contributed by atoms with Gasteiger partial charge in [-0.3, -0.25) is 24.2 Å². The second kappa shape index (κ2) is 25.2. The molecule has 17 nitrogen and oxygen atoms in total. The van der Waals surface area contributed by atoms with Crippen LogP contribution in [0.15, 0.2) is 109 Å². The lowest BCUT2D eigenvalue weighted by Crippen LogP contribution is -2.59. The van der Waals surface area contributed by atoms with Crippen LogP contribution in [0.4, 0.5) is 4.79 Å². The van der Waals surface area contributed by atoms with Crippen molar-refractivity contribution in [1.29, 1.82) is 0 Å². The molecule has 4 N–H and O–H groups in total. The first kappa shape index (κ1) is 54.3. The molecule has 1 heterocycles. The van der Waals surface area contributed by atoms with Crippen molar-refractivity contribution >= 4 is 56.8 Å². The number of rotatable bonds is 20. The largest absolute Gasteiger partial charge is 0.460 e. The normalized spacial score (nSPS) is 13.4. The van der Waals surface area contributed by atoms with Gasteiger partial charge in [0.1, 0.15) is 41.7 Å². The van der Waals surface area contributed by atoms with Crippen molar-refractivity contribution in [3.63, 3.8) is 0 Å². The van der Waals surface area contributed by atoms with E-state index in [-0.39, 0.29) is 31.6 Å². The average molecular weight is 968 g/mol. The molecule has 0 saturated heterocycles. The van der Waals surface area contributed by atoms with Gasteiger partial charge in [-0.15, -0.1) is 0 Å². The summed E-state index contributed by atoms with van der Waals surface area (Å²) in [6.07, 6.45) is -0.726. The van der Waals surface area contributed by atoms with Crippen molar-refractivity contribution in [2.75, 3.05) is 0 Å². The van der Waals surface area contributed by atoms with Gasteiger partial charge < -0.3 is 39.7 Å². The summed E-state index contributed by atoms with van der Waals surface area (Å²) in [4.78, 5) is 85.8. The Hall–Kier alpha value is -7.26. The van der Waals surface area contributed by atoms with Gasteiger partial charge in [0, 0.05) is 42.3 Å². The van der Waals surface area contributed by atoms with Gasteiger partial charge >= 0.3 is 28.1 Å². The van der Waals surface area contributed by atoms with E-state index >= 15 is 0 Å². The number of esters is 2. The summed E-state index contributed by atoms with van der Waals surface area (Å²) < 4.78 is 47.1. The molecule has 4 amide bonds. The summed E-state index contributed by atoms with van der Waals surface area (Å²) in [7, 11) is -4.33. The van der Waals surface area contributed by atoms with Crippen LogP contribution < -0.4 is 25.5 Å². The maximum Gasteiger partial charge on any atom is 0.408 e. The third kappa shape index (κ3) is 20.2. The molecule has 0 spiro atoms. The number of benzene rings is 3. The molecule has 0 bridgehead atoms. The fourth-order valence-corrected chi connectivity index (χ4v) is 7.15. The predicted octanol–water partition coefficient (Wildman–Crippen LogP) is 5.96. The summed E-state index contributed by atoms with van der Waals surface area (Å²) in [5.41, 5.74) is 0.0196. The molecule has 4 aromatic rings. The maximum absolute atomic E-state index is 14.5. The van der Waals surface area contributed by atoms with Crippen molar-refractivity contribution in [2.45, 2.75) is 123 Å². The zero-order chi connectivity index (χ0) is 50.8. The highest BCUT2D eigenvalue weighted by Gasteiger charge is 2.33. The number of fused-ring (bicyclic) bond motifs is 1. The highest BCUT2D eigenvalue weighted by Crippen LogP contribution is 2.17. The third-order valence-electron chi connectivity index (χ3n) is 9.51. The number of para-hydroxylation sites is 2. The van der Waals surface area contributed by atoms with Crippen LogP contribution >= 0.6 is 0 Å². The number of nitrogens with one attached hydrogen (secondary N) is 4. The molecule has 69 heavy (non-hydrogen) atoms. The van der Waals surface area contributed by atoms with E-state index in [1.54, 1.807) is 128 Å². The number of nitrogens with zero attached hydrogens (tertiary/aromatic N) is 1. The van der Waals surface area contributed by atoms with E-state index in [0.29, 0.717) is 16.8 Å². The Balaban J connectivity index is 1.63. The molecule has 0 fully saturated rings. The summed E-state index contributed by atoms with van der Waals surface area (Å²) >= 11 is 0. The monoisotopic (exact) mass is 967 g/mol. The van der Waals surface area contributed by atoms with E-state index in [0.717, 1.165) is 16.9 Å². The van der Waals surface area contributed by atoms with Gasteiger partial charge in [0.15, 0.2) is 0 Å². The minimum Gasteiger partial charge on any atom is -0.460 e. The number of aromatic nitrogens is 1. The van der Waals surface area contributed by atoms with Crippen LogP contribution in [-0.2, 0) is 61.3 Å². The second-order valence-corrected chi connectivity index (χ2v) is 19.6. The standard InChI is InChI=1S/C51H61N5O12S/c1-34(2)45(48(61)53-37(28-29-44(58)67-51(6,7)8)30-31-69(63,64)68-39-21-13-10-14-22-39)56-47(60)42(32-38-27-26-36-20-15-16-23-40(36)52-38)54-46(59)41(24-17-25-43(57)66-50(3,4)5)55-49(62)65-33-35-18-11-9-12-19-35/h9-16,18-23,26-27,30-31,34,37,41-42,45H,24,28-29,32-33H2,1-8H3,(H,53,61)(H,54,59)(H,55,62)(H,56,60)/b31-30+/t37-,41-,42-,45?/m0/s1. The molecular formula is C51H61N5O12S. The van der Waals surface area contributed by atoms with Crippen molar-refractivity contribution in [3.05, 3.63) is 120 Å². The molecule has 0 aliphatic rings. The number of ether oxygens (including phenoxy) is 3. The Morgan fingerprint density at radius 1 is 0.710 bits per heavy atom. The lowest BCUT2D eigenvalue weighted by molar-refractivity contribution is -0.155. The average Bonchev–Trinajstić information content (AvgIpc) is 3.26. The van der Waals surface area contributed by atoms with E-state index in [9.17, 15) is 37.2 Å². The van der Waals surface area contributed by atoms with Crippen LogP contribution in [0, 0.1) is 17.8 Å². The molecule has 18 heteroatoms. The molecule has 4 atom stereocenters. The van der Waals surface area contributed by atoms with Gasteiger partial charge in [0.2, 0.25) is 17.7 Å². The quantitative estimate of drug-likeness (QED) is 0.0264. The second-order valence-electron chi connectivity index (χ2n) is 18.2. The van der Waals surface area contributed by atoms with Gasteiger partial charge in [0.25, 0.3) is 0 Å². The smallest absolute Gasteiger partial charge is 0.408 e. The molecule has 0 aliphatic heterocycles. The fourth-order valence-electron chi connectivity index (χ4n) is 6.33. The summed E-state index contributed by atoms with van der Waals surface area (Å²) in [5.74, 6) is 0.457. The van der Waals surface area contributed by atoms with E-state index in [1.165, 1.54) is 12.1 Å². The van der Waals surface area contributed by atoms with Crippen molar-refractivity contribution in [2.24, 2.45) is 5.92 Å². The van der Waals surface area contributed by atoms with Crippen LogP contribution in [0.1, 0.15) is 85.9 Å². The van der Waals surface area contributed by atoms with Crippen molar-refractivity contribution in [3.8, 4) is 17.6 Å². The van der Waals surface area contributed by atoms with E-state index in [1.807, 2.05) is 12.1 Å². The highest BCUT2D eigenvalue weighted by molar-refractivity contribution is 7.90. The molecule has 368 valence electrons. The Morgan fingerprint density at radius 2 is 1.33 bits per heavy atom. The highest BCUT2D eigenvalue weighted by atomic mass is 32.2. The van der Waals surface area contributed by atoms with Gasteiger partial charge in [-0.1, -0.05) is 92.6 Å². The number of hydrogen-bond acceptors (Lipinski definition) is 13. The zero-order valence-electron chi connectivity index (χ0n) is 40.1. The van der Waals surface area contributed by atoms with Crippen molar-refractivity contribution < 1.29 is 55.6 Å². The number of amides is 4. The van der Waals surface area contributed by atoms with Gasteiger partial charge in [-0.25, -0.2) is 9.59 Å². The van der Waals surface area contributed by atoms with Crippen LogP contribution in [0.5, 0.6) is 5.75 Å². The lowest BCUT2D eigenvalue weighted by Gasteiger charge is -2.27. The molecule has 4 rings (SSSR count). The van der Waals surface area contributed by atoms with E-state index < -0.39 is 93.6 Å².